The lowest BCUT2D eigenvalue weighted by atomic mass is 10.1. The van der Waals surface area contributed by atoms with E-state index in [0.29, 0.717) is 24.9 Å². The van der Waals surface area contributed by atoms with Crippen LogP contribution in [0.5, 0.6) is 0 Å². The molecule has 2 aromatic heterocycles. The largest absolute Gasteiger partial charge is 0.325 e. The molecule has 0 aliphatic heterocycles. The van der Waals surface area contributed by atoms with Gasteiger partial charge in [-0.05, 0) is 24.6 Å². The Balaban J connectivity index is 2.01. The smallest absolute Gasteiger partial charge is 0.163 e. The molecule has 0 amide bonds. The molecule has 2 N–H and O–H groups in total. The van der Waals surface area contributed by atoms with Gasteiger partial charge < -0.3 is 5.73 Å². The quantitative estimate of drug-likeness (QED) is 0.799. The molecule has 0 atom stereocenters. The van der Waals surface area contributed by atoms with E-state index in [9.17, 15) is 4.79 Å². The fraction of sp³-hybridized carbons (Fsp3) is 0.308. The summed E-state index contributed by atoms with van der Waals surface area (Å²) in [5, 5.41) is 4.07. The van der Waals surface area contributed by atoms with Crippen molar-refractivity contribution in [3.63, 3.8) is 0 Å². The number of hydrogen-bond donors (Lipinski definition) is 1. The standard InChI is InChI=1S/C13H16N4O/c1-17-12(5-7-16-17)2-3-13(18)10-4-6-15-11(8-10)9-14/h4-8H,2-3,9,14H2,1H3. The summed E-state index contributed by atoms with van der Waals surface area (Å²) in [7, 11) is 1.87. The Morgan fingerprint density at radius 2 is 2.22 bits per heavy atom. The van der Waals surface area contributed by atoms with Crippen molar-refractivity contribution in [3.8, 4) is 0 Å². The van der Waals surface area contributed by atoms with Crippen molar-refractivity contribution in [3.05, 3.63) is 47.5 Å². The van der Waals surface area contributed by atoms with Crippen LogP contribution >= 0.6 is 0 Å². The third-order valence-electron chi connectivity index (χ3n) is 2.88. The van der Waals surface area contributed by atoms with Crippen LogP contribution in [0.2, 0.25) is 0 Å². The maximum atomic E-state index is 12.0. The monoisotopic (exact) mass is 244 g/mol. The lowest BCUT2D eigenvalue weighted by molar-refractivity contribution is 0.0982. The number of nitrogens with zero attached hydrogens (tertiary/aromatic N) is 3. The highest BCUT2D eigenvalue weighted by Gasteiger charge is 2.08. The van der Waals surface area contributed by atoms with Gasteiger partial charge in [-0.25, -0.2) is 0 Å². The number of nitrogens with two attached hydrogens (primary N) is 1. The Kier molecular flexibility index (Phi) is 3.84. The zero-order chi connectivity index (χ0) is 13.0. The molecule has 18 heavy (non-hydrogen) atoms. The van der Waals surface area contributed by atoms with E-state index in [1.54, 1.807) is 29.2 Å². The number of carbonyl (C=O) groups is 1. The molecule has 0 saturated heterocycles. The van der Waals surface area contributed by atoms with Crippen LogP contribution in [0.3, 0.4) is 0 Å². The van der Waals surface area contributed by atoms with Crippen molar-refractivity contribution in [2.24, 2.45) is 12.8 Å². The summed E-state index contributed by atoms with van der Waals surface area (Å²) >= 11 is 0. The van der Waals surface area contributed by atoms with E-state index in [4.69, 9.17) is 5.73 Å². The first kappa shape index (κ1) is 12.4. The lowest BCUT2D eigenvalue weighted by Gasteiger charge is -2.03. The van der Waals surface area contributed by atoms with Crippen LogP contribution in [0, 0.1) is 0 Å². The summed E-state index contributed by atoms with van der Waals surface area (Å²) in [6.45, 7) is 0.350. The number of ketones is 1. The van der Waals surface area contributed by atoms with E-state index in [1.807, 2.05) is 13.1 Å². The van der Waals surface area contributed by atoms with Gasteiger partial charge in [0, 0.05) is 43.7 Å². The number of aromatic nitrogens is 3. The van der Waals surface area contributed by atoms with Gasteiger partial charge in [-0.3, -0.25) is 14.5 Å². The molecular formula is C13H16N4O. The highest BCUT2D eigenvalue weighted by molar-refractivity contribution is 5.96. The van der Waals surface area contributed by atoms with Crippen LogP contribution in [-0.2, 0) is 20.0 Å². The van der Waals surface area contributed by atoms with Gasteiger partial charge in [0.2, 0.25) is 0 Å². The molecule has 0 bridgehead atoms. The number of rotatable bonds is 5. The van der Waals surface area contributed by atoms with Crippen molar-refractivity contribution in [1.82, 2.24) is 14.8 Å². The van der Waals surface area contributed by atoms with E-state index in [1.165, 1.54) is 0 Å². The second-order valence-electron chi connectivity index (χ2n) is 4.11. The highest BCUT2D eigenvalue weighted by atomic mass is 16.1. The number of pyridine rings is 1. The molecule has 5 nitrogen and oxygen atoms in total. The molecule has 0 aliphatic carbocycles. The molecule has 2 rings (SSSR count). The van der Waals surface area contributed by atoms with Gasteiger partial charge in [-0.1, -0.05) is 0 Å². The number of Topliss-reactive ketones (excluding diaryl/α,β-unsaturated/α-hetero) is 1. The highest BCUT2D eigenvalue weighted by Crippen LogP contribution is 2.08. The first-order valence-corrected chi connectivity index (χ1v) is 5.86. The molecule has 0 saturated carbocycles. The fourth-order valence-corrected chi connectivity index (χ4v) is 1.80. The van der Waals surface area contributed by atoms with Crippen molar-refractivity contribution >= 4 is 5.78 Å². The minimum absolute atomic E-state index is 0.105. The number of hydrogen-bond acceptors (Lipinski definition) is 4. The van der Waals surface area contributed by atoms with Crippen molar-refractivity contribution < 1.29 is 4.79 Å². The second kappa shape index (κ2) is 5.55. The minimum atomic E-state index is 0.105. The van der Waals surface area contributed by atoms with E-state index < -0.39 is 0 Å². The summed E-state index contributed by atoms with van der Waals surface area (Å²) in [6.07, 6.45) is 4.52. The maximum absolute atomic E-state index is 12.0. The number of carbonyl (C=O) groups excluding carboxylic acids is 1. The molecule has 0 radical (unpaired) electrons. The predicted molar refractivity (Wildman–Crippen MR) is 68.0 cm³/mol. The zero-order valence-electron chi connectivity index (χ0n) is 10.3. The third kappa shape index (κ3) is 2.81. The molecule has 2 aromatic rings. The van der Waals surface area contributed by atoms with Crippen molar-refractivity contribution in [1.29, 1.82) is 0 Å². The van der Waals surface area contributed by atoms with Gasteiger partial charge in [0.05, 0.1) is 5.69 Å². The van der Waals surface area contributed by atoms with E-state index in [0.717, 1.165) is 11.4 Å². The maximum Gasteiger partial charge on any atom is 0.163 e. The van der Waals surface area contributed by atoms with Gasteiger partial charge in [-0.15, -0.1) is 0 Å². The Labute approximate surface area is 106 Å². The molecule has 5 heteroatoms. The molecule has 0 unspecified atom stereocenters. The zero-order valence-corrected chi connectivity index (χ0v) is 10.3. The summed E-state index contributed by atoms with van der Waals surface area (Å²) in [4.78, 5) is 16.1. The van der Waals surface area contributed by atoms with Crippen LogP contribution in [0.1, 0.15) is 28.2 Å². The van der Waals surface area contributed by atoms with E-state index >= 15 is 0 Å². The Morgan fingerprint density at radius 3 is 2.89 bits per heavy atom. The van der Waals surface area contributed by atoms with Crippen LogP contribution < -0.4 is 5.73 Å². The molecule has 0 spiro atoms. The van der Waals surface area contributed by atoms with Crippen molar-refractivity contribution in [2.75, 3.05) is 0 Å². The van der Waals surface area contributed by atoms with Gasteiger partial charge in [-0.2, -0.15) is 5.10 Å². The molecule has 0 aliphatic rings. The molecule has 2 heterocycles. The average molecular weight is 244 g/mol. The second-order valence-corrected chi connectivity index (χ2v) is 4.11. The lowest BCUT2D eigenvalue weighted by Crippen LogP contribution is -2.07. The first-order valence-electron chi connectivity index (χ1n) is 5.86. The summed E-state index contributed by atoms with van der Waals surface area (Å²) < 4.78 is 1.78. The van der Waals surface area contributed by atoms with Crippen LogP contribution in [0.25, 0.3) is 0 Å². The summed E-state index contributed by atoms with van der Waals surface area (Å²) in [5.74, 6) is 0.105. The van der Waals surface area contributed by atoms with Gasteiger partial charge in [0.1, 0.15) is 0 Å². The fourth-order valence-electron chi connectivity index (χ4n) is 1.80. The molecule has 94 valence electrons. The molecule has 0 fully saturated rings. The normalized spacial score (nSPS) is 10.6. The first-order chi connectivity index (χ1) is 8.70. The Hall–Kier alpha value is -2.01. The molecule has 0 aromatic carbocycles. The van der Waals surface area contributed by atoms with Crippen molar-refractivity contribution in [2.45, 2.75) is 19.4 Å². The van der Waals surface area contributed by atoms with Crippen LogP contribution in [0.15, 0.2) is 30.6 Å². The summed E-state index contributed by atoms with van der Waals surface area (Å²) in [6, 6.07) is 5.40. The predicted octanol–water partition coefficient (Wildman–Crippen LogP) is 1.09. The minimum Gasteiger partial charge on any atom is -0.325 e. The average Bonchev–Trinajstić information content (AvgIpc) is 2.81. The number of aryl methyl sites for hydroxylation is 2. The topological polar surface area (TPSA) is 73.8 Å². The van der Waals surface area contributed by atoms with Crippen LogP contribution in [0.4, 0.5) is 0 Å². The Morgan fingerprint density at radius 1 is 1.39 bits per heavy atom. The Bertz CT molecular complexity index is 547. The van der Waals surface area contributed by atoms with Gasteiger partial charge in [0.25, 0.3) is 0 Å². The summed E-state index contributed by atoms with van der Waals surface area (Å²) in [5.41, 5.74) is 7.97. The van der Waals surface area contributed by atoms with Gasteiger partial charge in [0.15, 0.2) is 5.78 Å². The van der Waals surface area contributed by atoms with E-state index in [-0.39, 0.29) is 5.78 Å². The van der Waals surface area contributed by atoms with Gasteiger partial charge >= 0.3 is 0 Å². The molecular weight excluding hydrogens is 228 g/mol. The van der Waals surface area contributed by atoms with Crippen LogP contribution in [-0.4, -0.2) is 20.5 Å². The SMILES string of the molecule is Cn1nccc1CCC(=O)c1ccnc(CN)c1. The van der Waals surface area contributed by atoms with E-state index in [2.05, 4.69) is 10.1 Å². The third-order valence-corrected chi connectivity index (χ3v) is 2.88.